The van der Waals surface area contributed by atoms with Gasteiger partial charge in [0.25, 0.3) is 0 Å². The Kier molecular flexibility index (Phi) is 13.5. The number of nitrogens with one attached hydrogen (secondary N) is 1. The number of nitrogens with zero attached hydrogens (tertiary/aromatic N) is 4. The highest BCUT2D eigenvalue weighted by molar-refractivity contribution is 5.90. The molecule has 0 radical (unpaired) electrons. The highest BCUT2D eigenvalue weighted by Crippen LogP contribution is 2.35. The van der Waals surface area contributed by atoms with Crippen LogP contribution in [0.5, 0.6) is 5.75 Å². The summed E-state index contributed by atoms with van der Waals surface area (Å²) in [7, 11) is 0. The molecule has 0 saturated carbocycles. The van der Waals surface area contributed by atoms with Crippen molar-refractivity contribution >= 4 is 17.8 Å². The molecule has 13 heteroatoms. The molecular formula is C36H45F2N5O6. The van der Waals surface area contributed by atoms with E-state index in [1.165, 1.54) is 54.6 Å². The minimum absolute atomic E-state index is 0.00393. The second kappa shape index (κ2) is 17.8. The monoisotopic (exact) mass is 681 g/mol. The third-order valence-corrected chi connectivity index (χ3v) is 8.31. The standard InChI is InChI=1S/C36H45F2N5O6/c1-35(2,47)24-10-9-15-33(45)48-29-20-16-26(17-21-29)34(46)49-30(36(37,38)27-12-6-5-7-13-27)22-18-28-19-23-32(44)43(28)25-11-4-3-8-14-31-39-41-42-40-31/h5-7,12-13,16-18,20-22,28,30,47H,3-4,8-11,14-15,19,23-25H2,1-2H3,(H,39,40,41,42)/b22-18+/t28-,30+/m0/s1. The Bertz CT molecular complexity index is 1510. The van der Waals surface area contributed by atoms with Crippen LogP contribution in [-0.4, -0.2) is 72.8 Å². The summed E-state index contributed by atoms with van der Waals surface area (Å²) in [6.45, 7) is 3.91. The maximum Gasteiger partial charge on any atom is 0.338 e. The van der Waals surface area contributed by atoms with Gasteiger partial charge in [-0.15, -0.1) is 10.2 Å². The number of unbranched alkanes of at least 4 members (excludes halogenated alkanes) is 4. The number of rotatable bonds is 19. The molecule has 4 rings (SSSR count). The van der Waals surface area contributed by atoms with Crippen LogP contribution in [0.15, 0.2) is 66.7 Å². The summed E-state index contributed by atoms with van der Waals surface area (Å²) >= 11 is 0. The van der Waals surface area contributed by atoms with E-state index in [1.54, 1.807) is 30.9 Å². The van der Waals surface area contributed by atoms with Gasteiger partial charge in [0.15, 0.2) is 11.9 Å². The van der Waals surface area contributed by atoms with Gasteiger partial charge < -0.3 is 19.5 Å². The van der Waals surface area contributed by atoms with Crippen molar-refractivity contribution in [1.29, 1.82) is 0 Å². The van der Waals surface area contributed by atoms with Gasteiger partial charge in [-0.2, -0.15) is 14.0 Å². The molecule has 0 unspecified atom stereocenters. The zero-order valence-electron chi connectivity index (χ0n) is 28.0. The molecule has 1 saturated heterocycles. The van der Waals surface area contributed by atoms with Crippen molar-refractivity contribution in [3.8, 4) is 5.75 Å². The smallest absolute Gasteiger partial charge is 0.338 e. The van der Waals surface area contributed by atoms with Crippen molar-refractivity contribution in [3.05, 3.63) is 83.7 Å². The van der Waals surface area contributed by atoms with Crippen LogP contribution in [0.2, 0.25) is 0 Å². The minimum Gasteiger partial charge on any atom is -0.448 e. The molecule has 1 aliphatic rings. The number of H-pyrrole nitrogens is 1. The summed E-state index contributed by atoms with van der Waals surface area (Å²) in [5.74, 6) is -4.19. The Balaban J connectivity index is 1.36. The number of aliphatic hydroxyl groups is 1. The van der Waals surface area contributed by atoms with E-state index in [-0.39, 0.29) is 29.2 Å². The number of aromatic amines is 1. The number of carbonyl (C=O) groups excluding carboxylic acids is 3. The normalized spacial score (nSPS) is 15.9. The van der Waals surface area contributed by atoms with Gasteiger partial charge in [-0.3, -0.25) is 9.59 Å². The number of hydrogen-bond donors (Lipinski definition) is 2. The summed E-state index contributed by atoms with van der Waals surface area (Å²) in [6.07, 6.45) is 7.64. The molecule has 2 N–H and O–H groups in total. The molecule has 49 heavy (non-hydrogen) atoms. The van der Waals surface area contributed by atoms with Crippen LogP contribution in [-0.2, 0) is 26.7 Å². The van der Waals surface area contributed by atoms with Crippen LogP contribution in [0.25, 0.3) is 0 Å². The van der Waals surface area contributed by atoms with Crippen molar-refractivity contribution in [1.82, 2.24) is 25.5 Å². The quantitative estimate of drug-likeness (QED) is 0.0663. The van der Waals surface area contributed by atoms with E-state index < -0.39 is 35.6 Å². The summed E-state index contributed by atoms with van der Waals surface area (Å²) in [5.41, 5.74) is -1.12. The van der Waals surface area contributed by atoms with E-state index >= 15 is 8.78 Å². The summed E-state index contributed by atoms with van der Waals surface area (Å²) < 4.78 is 42.5. The molecule has 0 spiro atoms. The summed E-state index contributed by atoms with van der Waals surface area (Å²) in [5, 5.41) is 23.6. The molecular weight excluding hydrogens is 636 g/mol. The van der Waals surface area contributed by atoms with Gasteiger partial charge in [0.05, 0.1) is 17.2 Å². The summed E-state index contributed by atoms with van der Waals surface area (Å²) in [4.78, 5) is 39.7. The zero-order chi connectivity index (χ0) is 35.3. The van der Waals surface area contributed by atoms with Crippen molar-refractivity contribution in [2.45, 2.75) is 108 Å². The SMILES string of the molecule is CC(C)(O)CCCCC(=O)Oc1ccc(C(=O)O[C@H](/C=C/[C@H]2CCC(=O)N2CCCCCCc2nn[nH]n2)C(F)(F)c2ccccc2)cc1. The van der Waals surface area contributed by atoms with Crippen LogP contribution >= 0.6 is 0 Å². The molecule has 2 aromatic carbocycles. The van der Waals surface area contributed by atoms with Gasteiger partial charge >= 0.3 is 17.9 Å². The number of benzene rings is 2. The first-order valence-electron chi connectivity index (χ1n) is 16.8. The lowest BCUT2D eigenvalue weighted by atomic mass is 10.0. The molecule has 0 bridgehead atoms. The number of esters is 2. The maximum absolute atomic E-state index is 15.9. The van der Waals surface area contributed by atoms with Crippen LogP contribution in [0.1, 0.15) is 99.8 Å². The van der Waals surface area contributed by atoms with Crippen LogP contribution < -0.4 is 4.74 Å². The van der Waals surface area contributed by atoms with Crippen LogP contribution in [0, 0.1) is 0 Å². The molecule has 0 aliphatic carbocycles. The number of aromatic nitrogens is 4. The maximum atomic E-state index is 15.9. The van der Waals surface area contributed by atoms with Crippen molar-refractivity contribution in [3.63, 3.8) is 0 Å². The van der Waals surface area contributed by atoms with E-state index in [0.717, 1.165) is 25.7 Å². The Hall–Kier alpha value is -4.52. The van der Waals surface area contributed by atoms with Gasteiger partial charge in [0.1, 0.15) is 5.75 Å². The van der Waals surface area contributed by atoms with Gasteiger partial charge in [-0.25, -0.2) is 4.79 Å². The summed E-state index contributed by atoms with van der Waals surface area (Å²) in [6, 6.07) is 12.2. The molecule has 1 aliphatic heterocycles. The number of alkyl halides is 2. The molecule has 2 atom stereocenters. The second-order valence-corrected chi connectivity index (χ2v) is 12.9. The molecule has 1 aromatic heterocycles. The predicted octanol–water partition coefficient (Wildman–Crippen LogP) is 6.10. The number of hydrogen-bond acceptors (Lipinski definition) is 9. The Morgan fingerprint density at radius 2 is 1.78 bits per heavy atom. The average molecular weight is 682 g/mol. The van der Waals surface area contributed by atoms with E-state index in [1.807, 2.05) is 0 Å². The second-order valence-electron chi connectivity index (χ2n) is 12.9. The number of tetrazole rings is 1. The van der Waals surface area contributed by atoms with E-state index in [0.29, 0.717) is 50.9 Å². The highest BCUT2D eigenvalue weighted by atomic mass is 19.3. The topological polar surface area (TPSA) is 148 Å². The first-order chi connectivity index (χ1) is 23.4. The van der Waals surface area contributed by atoms with E-state index in [4.69, 9.17) is 9.47 Å². The van der Waals surface area contributed by atoms with Crippen molar-refractivity contribution < 1.29 is 37.7 Å². The third kappa shape index (κ3) is 11.8. The number of carbonyl (C=O) groups is 3. The van der Waals surface area contributed by atoms with Gasteiger partial charge in [-0.05, 0) is 76.3 Å². The van der Waals surface area contributed by atoms with Gasteiger partial charge in [0, 0.05) is 31.4 Å². The fraction of sp³-hybridized carbons (Fsp3) is 0.500. The fourth-order valence-electron chi connectivity index (χ4n) is 5.59. The number of amides is 1. The van der Waals surface area contributed by atoms with Crippen molar-refractivity contribution in [2.75, 3.05) is 6.54 Å². The van der Waals surface area contributed by atoms with Crippen molar-refractivity contribution in [2.24, 2.45) is 0 Å². The molecule has 1 amide bonds. The van der Waals surface area contributed by atoms with Crippen LogP contribution in [0.4, 0.5) is 8.78 Å². The molecule has 3 aromatic rings. The number of aryl methyl sites for hydroxylation is 1. The fourth-order valence-corrected chi connectivity index (χ4v) is 5.59. The molecule has 11 nitrogen and oxygen atoms in total. The lowest BCUT2D eigenvalue weighted by Gasteiger charge is -2.27. The van der Waals surface area contributed by atoms with E-state index in [2.05, 4.69) is 20.6 Å². The Morgan fingerprint density at radius 3 is 2.47 bits per heavy atom. The Labute approximate surface area is 285 Å². The zero-order valence-corrected chi connectivity index (χ0v) is 28.0. The van der Waals surface area contributed by atoms with Gasteiger partial charge in [-0.1, -0.05) is 60.9 Å². The largest absolute Gasteiger partial charge is 0.448 e. The molecule has 1 fully saturated rings. The lowest BCUT2D eigenvalue weighted by Crippen LogP contribution is -2.36. The number of ether oxygens (including phenoxy) is 2. The highest BCUT2D eigenvalue weighted by Gasteiger charge is 2.43. The number of halogens is 2. The minimum atomic E-state index is -3.57. The molecule has 2 heterocycles. The van der Waals surface area contributed by atoms with E-state index in [9.17, 15) is 19.5 Å². The average Bonchev–Trinajstić information content (AvgIpc) is 3.72. The first kappa shape index (κ1) is 37.3. The first-order valence-corrected chi connectivity index (χ1v) is 16.8. The van der Waals surface area contributed by atoms with Crippen LogP contribution in [0.3, 0.4) is 0 Å². The molecule has 264 valence electrons. The third-order valence-electron chi connectivity index (χ3n) is 8.31. The Morgan fingerprint density at radius 1 is 1.04 bits per heavy atom. The lowest BCUT2D eigenvalue weighted by molar-refractivity contribution is -0.134. The van der Waals surface area contributed by atoms with Gasteiger partial charge in [0.2, 0.25) is 5.91 Å². The number of likely N-dealkylation sites (tertiary alicyclic amines) is 1. The predicted molar refractivity (Wildman–Crippen MR) is 177 cm³/mol.